The van der Waals surface area contributed by atoms with Gasteiger partial charge >= 0.3 is 0 Å². The standard InChI is InChI=1S/C17H24N2O/c1-17(2)10-15-12(16(20)11-17)7-8-14(19-15)13-6-4-3-5-9-18-13/h7-8,13,18H,3-6,9-11H2,1-2H3. The van der Waals surface area contributed by atoms with Crippen molar-refractivity contribution < 1.29 is 4.79 Å². The molecule has 0 bridgehead atoms. The molecule has 1 N–H and O–H groups in total. The Kier molecular flexibility index (Phi) is 3.63. The first kappa shape index (κ1) is 13.7. The zero-order chi connectivity index (χ0) is 14.2. The molecule has 1 aromatic heterocycles. The number of pyridine rings is 1. The highest BCUT2D eigenvalue weighted by molar-refractivity contribution is 5.98. The lowest BCUT2D eigenvalue weighted by atomic mass is 9.75. The number of hydrogen-bond acceptors (Lipinski definition) is 3. The van der Waals surface area contributed by atoms with Crippen molar-refractivity contribution in [3.63, 3.8) is 0 Å². The van der Waals surface area contributed by atoms with Gasteiger partial charge in [0.2, 0.25) is 0 Å². The van der Waals surface area contributed by atoms with E-state index in [1.807, 2.05) is 6.07 Å². The fourth-order valence-corrected chi connectivity index (χ4v) is 3.43. The Balaban J connectivity index is 1.90. The summed E-state index contributed by atoms with van der Waals surface area (Å²) in [6.45, 7) is 5.39. The van der Waals surface area contributed by atoms with E-state index >= 15 is 0 Å². The molecule has 1 atom stereocenters. The Bertz CT molecular complexity index is 514. The summed E-state index contributed by atoms with van der Waals surface area (Å²) in [5.74, 6) is 0.254. The van der Waals surface area contributed by atoms with Gasteiger partial charge in [-0.3, -0.25) is 9.78 Å². The molecule has 0 saturated carbocycles. The number of fused-ring (bicyclic) bond motifs is 1. The predicted octanol–water partition coefficient (Wildman–Crippen LogP) is 3.44. The number of Topliss-reactive ketones (excluding diaryl/α,β-unsaturated/α-hetero) is 1. The average Bonchev–Trinajstić information content (AvgIpc) is 2.65. The van der Waals surface area contributed by atoms with Gasteiger partial charge in [0.25, 0.3) is 0 Å². The van der Waals surface area contributed by atoms with Crippen LogP contribution in [0.1, 0.15) is 73.7 Å². The number of carbonyl (C=O) groups is 1. The van der Waals surface area contributed by atoms with Crippen molar-refractivity contribution in [1.29, 1.82) is 0 Å². The van der Waals surface area contributed by atoms with Crippen LogP contribution in [-0.4, -0.2) is 17.3 Å². The van der Waals surface area contributed by atoms with E-state index in [0.29, 0.717) is 12.5 Å². The molecular weight excluding hydrogens is 248 g/mol. The molecule has 3 rings (SSSR count). The third-order valence-electron chi connectivity index (χ3n) is 4.50. The first-order chi connectivity index (χ1) is 9.55. The minimum Gasteiger partial charge on any atom is -0.309 e. The predicted molar refractivity (Wildman–Crippen MR) is 79.9 cm³/mol. The summed E-state index contributed by atoms with van der Waals surface area (Å²) in [7, 11) is 0. The molecule has 3 heteroatoms. The van der Waals surface area contributed by atoms with Crippen molar-refractivity contribution >= 4 is 5.78 Å². The summed E-state index contributed by atoms with van der Waals surface area (Å²) < 4.78 is 0. The van der Waals surface area contributed by atoms with Crippen LogP contribution in [0.4, 0.5) is 0 Å². The van der Waals surface area contributed by atoms with Gasteiger partial charge in [-0.25, -0.2) is 0 Å². The van der Waals surface area contributed by atoms with Crippen LogP contribution in [0.5, 0.6) is 0 Å². The van der Waals surface area contributed by atoms with Crippen LogP contribution in [0, 0.1) is 5.41 Å². The quantitative estimate of drug-likeness (QED) is 0.851. The number of carbonyl (C=O) groups excluding carboxylic acids is 1. The van der Waals surface area contributed by atoms with Crippen molar-refractivity contribution in [3.05, 3.63) is 29.1 Å². The van der Waals surface area contributed by atoms with Crippen LogP contribution in [0.2, 0.25) is 0 Å². The van der Waals surface area contributed by atoms with Crippen molar-refractivity contribution in [2.75, 3.05) is 6.54 Å². The van der Waals surface area contributed by atoms with Crippen LogP contribution in [-0.2, 0) is 6.42 Å². The van der Waals surface area contributed by atoms with Gasteiger partial charge in [-0.1, -0.05) is 26.7 Å². The summed E-state index contributed by atoms with van der Waals surface area (Å²) in [4.78, 5) is 17.0. The fourth-order valence-electron chi connectivity index (χ4n) is 3.43. The largest absolute Gasteiger partial charge is 0.309 e. The molecule has 0 radical (unpaired) electrons. The minimum absolute atomic E-state index is 0.0482. The van der Waals surface area contributed by atoms with Gasteiger partial charge in [0.1, 0.15) is 0 Å². The Labute approximate surface area is 121 Å². The van der Waals surface area contributed by atoms with Gasteiger partial charge in [-0.15, -0.1) is 0 Å². The highest BCUT2D eigenvalue weighted by Crippen LogP contribution is 2.34. The van der Waals surface area contributed by atoms with Crippen molar-refractivity contribution in [2.24, 2.45) is 5.41 Å². The maximum atomic E-state index is 12.2. The number of nitrogens with one attached hydrogen (secondary N) is 1. The second kappa shape index (κ2) is 5.28. The lowest BCUT2D eigenvalue weighted by molar-refractivity contribution is 0.0910. The first-order valence-electron chi connectivity index (χ1n) is 7.82. The molecular formula is C17H24N2O. The molecule has 20 heavy (non-hydrogen) atoms. The first-order valence-corrected chi connectivity index (χ1v) is 7.82. The normalized spacial score (nSPS) is 25.9. The van der Waals surface area contributed by atoms with Crippen molar-refractivity contribution in [3.8, 4) is 0 Å². The monoisotopic (exact) mass is 272 g/mol. The summed E-state index contributed by atoms with van der Waals surface area (Å²) in [5, 5.41) is 3.59. The molecule has 1 fully saturated rings. The smallest absolute Gasteiger partial charge is 0.165 e. The lowest BCUT2D eigenvalue weighted by Crippen LogP contribution is -2.29. The van der Waals surface area contributed by atoms with Gasteiger partial charge in [-0.2, -0.15) is 0 Å². The Morgan fingerprint density at radius 1 is 1.20 bits per heavy atom. The van der Waals surface area contributed by atoms with E-state index in [2.05, 4.69) is 25.2 Å². The van der Waals surface area contributed by atoms with E-state index in [1.165, 1.54) is 19.3 Å². The summed E-state index contributed by atoms with van der Waals surface area (Å²) in [5.41, 5.74) is 3.03. The third-order valence-corrected chi connectivity index (χ3v) is 4.50. The number of aromatic nitrogens is 1. The van der Waals surface area contributed by atoms with E-state index in [0.717, 1.165) is 36.3 Å². The van der Waals surface area contributed by atoms with E-state index in [-0.39, 0.29) is 11.2 Å². The van der Waals surface area contributed by atoms with Crippen LogP contribution in [0.3, 0.4) is 0 Å². The van der Waals surface area contributed by atoms with E-state index in [1.54, 1.807) is 0 Å². The third kappa shape index (κ3) is 2.78. The molecule has 1 aromatic rings. The second-order valence-corrected chi connectivity index (χ2v) is 7.03. The fraction of sp³-hybridized carbons (Fsp3) is 0.647. The Hall–Kier alpha value is -1.22. The van der Waals surface area contributed by atoms with Gasteiger partial charge < -0.3 is 5.32 Å². The minimum atomic E-state index is 0.0482. The van der Waals surface area contributed by atoms with Crippen LogP contribution in [0.25, 0.3) is 0 Å². The molecule has 0 amide bonds. The maximum absolute atomic E-state index is 12.2. The van der Waals surface area contributed by atoms with Crippen molar-refractivity contribution in [2.45, 2.75) is 58.4 Å². The van der Waals surface area contributed by atoms with E-state index < -0.39 is 0 Å². The molecule has 1 aliphatic heterocycles. The molecule has 0 spiro atoms. The van der Waals surface area contributed by atoms with Crippen LogP contribution >= 0.6 is 0 Å². The number of rotatable bonds is 1. The summed E-state index contributed by atoms with van der Waals surface area (Å²) >= 11 is 0. The Morgan fingerprint density at radius 3 is 2.90 bits per heavy atom. The SMILES string of the molecule is CC1(C)CC(=O)c2ccc(C3CCCCCN3)nc2C1. The molecule has 3 nitrogen and oxygen atoms in total. The summed E-state index contributed by atoms with van der Waals surface area (Å²) in [6.07, 6.45) is 6.54. The number of ketones is 1. The maximum Gasteiger partial charge on any atom is 0.165 e. The van der Waals surface area contributed by atoms with Crippen LogP contribution < -0.4 is 5.32 Å². The van der Waals surface area contributed by atoms with E-state index in [9.17, 15) is 4.79 Å². The van der Waals surface area contributed by atoms with Crippen LogP contribution in [0.15, 0.2) is 12.1 Å². The van der Waals surface area contributed by atoms with Gasteiger partial charge in [0.15, 0.2) is 5.78 Å². The number of nitrogens with zero attached hydrogens (tertiary/aromatic N) is 1. The molecule has 108 valence electrons. The lowest BCUT2D eigenvalue weighted by Gasteiger charge is -2.30. The van der Waals surface area contributed by atoms with Gasteiger partial charge in [0.05, 0.1) is 11.4 Å². The molecule has 0 aromatic carbocycles. The zero-order valence-electron chi connectivity index (χ0n) is 12.5. The molecule has 1 saturated heterocycles. The van der Waals surface area contributed by atoms with Crippen molar-refractivity contribution in [1.82, 2.24) is 10.3 Å². The van der Waals surface area contributed by atoms with Gasteiger partial charge in [-0.05, 0) is 43.4 Å². The highest BCUT2D eigenvalue weighted by Gasteiger charge is 2.32. The molecule has 2 heterocycles. The second-order valence-electron chi connectivity index (χ2n) is 7.03. The highest BCUT2D eigenvalue weighted by atomic mass is 16.1. The molecule has 1 unspecified atom stereocenters. The summed E-state index contributed by atoms with van der Waals surface area (Å²) in [6, 6.07) is 4.42. The van der Waals surface area contributed by atoms with E-state index in [4.69, 9.17) is 4.98 Å². The topological polar surface area (TPSA) is 42.0 Å². The molecule has 2 aliphatic rings. The Morgan fingerprint density at radius 2 is 2.05 bits per heavy atom. The molecule has 1 aliphatic carbocycles. The van der Waals surface area contributed by atoms with Gasteiger partial charge in [0, 0.05) is 18.0 Å². The zero-order valence-corrected chi connectivity index (χ0v) is 12.5. The number of hydrogen-bond donors (Lipinski definition) is 1. The average molecular weight is 272 g/mol.